The number of rotatable bonds is 5. The molecule has 4 rings (SSSR count). The predicted molar refractivity (Wildman–Crippen MR) is 105 cm³/mol. The van der Waals surface area contributed by atoms with Crippen LogP contribution in [0.25, 0.3) is 0 Å². The molecule has 0 aliphatic carbocycles. The number of piperidine rings is 1. The fourth-order valence-electron chi connectivity index (χ4n) is 3.49. The topological polar surface area (TPSA) is 33.7 Å². The van der Waals surface area contributed by atoms with E-state index in [1.807, 2.05) is 42.5 Å². The molecule has 0 amide bonds. The summed E-state index contributed by atoms with van der Waals surface area (Å²) >= 11 is 6.31. The van der Waals surface area contributed by atoms with Gasteiger partial charge in [-0.1, -0.05) is 35.9 Å². The van der Waals surface area contributed by atoms with Crippen LogP contribution in [0.5, 0.6) is 11.5 Å². The van der Waals surface area contributed by atoms with E-state index in [9.17, 15) is 0 Å². The molecular formula is C21H23ClN2O2. The zero-order valence-corrected chi connectivity index (χ0v) is 15.4. The van der Waals surface area contributed by atoms with Gasteiger partial charge in [-0.05, 0) is 49.6 Å². The van der Waals surface area contributed by atoms with Crippen LogP contribution in [-0.2, 0) is 0 Å². The molecule has 0 aromatic heterocycles. The number of nitrogens with zero attached hydrogens (tertiary/aromatic N) is 1. The average molecular weight is 371 g/mol. The minimum Gasteiger partial charge on any atom is -0.457 e. The number of hydrogen-bond donors (Lipinski definition) is 1. The molecule has 2 aromatic rings. The molecular weight excluding hydrogens is 348 g/mol. The second-order valence-corrected chi connectivity index (χ2v) is 7.17. The summed E-state index contributed by atoms with van der Waals surface area (Å²) in [5, 5.41) is 4.34. The minimum atomic E-state index is 0.672. The molecule has 0 unspecified atom stereocenters. The molecule has 0 radical (unpaired) electrons. The van der Waals surface area contributed by atoms with E-state index in [1.54, 1.807) is 6.26 Å². The lowest BCUT2D eigenvalue weighted by atomic mass is 9.96. The molecule has 1 saturated heterocycles. The molecule has 2 aliphatic heterocycles. The van der Waals surface area contributed by atoms with Crippen LogP contribution in [0.1, 0.15) is 12.8 Å². The van der Waals surface area contributed by atoms with Gasteiger partial charge in [0.2, 0.25) is 0 Å². The molecule has 136 valence electrons. The summed E-state index contributed by atoms with van der Waals surface area (Å²) < 4.78 is 11.5. The van der Waals surface area contributed by atoms with E-state index in [1.165, 1.54) is 0 Å². The number of nitrogens with one attached hydrogen (secondary N) is 1. The SMILES string of the molecule is Clc1ccccc1N1CCC(CNCC2=COc3ccccc3O2)CC1. The van der Waals surface area contributed by atoms with Crippen LogP contribution in [0.3, 0.4) is 0 Å². The summed E-state index contributed by atoms with van der Waals surface area (Å²) in [6.45, 7) is 3.76. The van der Waals surface area contributed by atoms with Crippen molar-refractivity contribution in [1.82, 2.24) is 5.32 Å². The third kappa shape index (κ3) is 3.97. The van der Waals surface area contributed by atoms with Gasteiger partial charge in [0, 0.05) is 13.1 Å². The van der Waals surface area contributed by atoms with Crippen molar-refractivity contribution in [2.45, 2.75) is 12.8 Å². The van der Waals surface area contributed by atoms with Crippen LogP contribution < -0.4 is 19.7 Å². The van der Waals surface area contributed by atoms with Crippen molar-refractivity contribution < 1.29 is 9.47 Å². The van der Waals surface area contributed by atoms with Crippen LogP contribution in [0.15, 0.2) is 60.6 Å². The van der Waals surface area contributed by atoms with Gasteiger partial charge in [0.15, 0.2) is 17.3 Å². The summed E-state index contributed by atoms with van der Waals surface area (Å²) in [5.74, 6) is 3.03. The van der Waals surface area contributed by atoms with Gasteiger partial charge < -0.3 is 19.7 Å². The maximum Gasteiger partial charge on any atom is 0.169 e. The van der Waals surface area contributed by atoms with Crippen molar-refractivity contribution in [3.05, 3.63) is 65.6 Å². The van der Waals surface area contributed by atoms with Gasteiger partial charge in [0.05, 0.1) is 17.3 Å². The van der Waals surface area contributed by atoms with Crippen molar-refractivity contribution in [3.63, 3.8) is 0 Å². The minimum absolute atomic E-state index is 0.672. The summed E-state index contributed by atoms with van der Waals surface area (Å²) in [5.41, 5.74) is 1.15. The van der Waals surface area contributed by atoms with Gasteiger partial charge in [0.1, 0.15) is 6.26 Å². The number of para-hydroxylation sites is 3. The first-order chi connectivity index (χ1) is 12.8. The molecule has 0 atom stereocenters. The van der Waals surface area contributed by atoms with Crippen LogP contribution in [0, 0.1) is 5.92 Å². The third-order valence-corrected chi connectivity index (χ3v) is 5.27. The largest absolute Gasteiger partial charge is 0.457 e. The Hall–Kier alpha value is -2.17. The van der Waals surface area contributed by atoms with E-state index in [0.29, 0.717) is 12.5 Å². The van der Waals surface area contributed by atoms with E-state index < -0.39 is 0 Å². The zero-order valence-electron chi connectivity index (χ0n) is 14.7. The maximum atomic E-state index is 6.31. The Morgan fingerprint density at radius 1 is 1.00 bits per heavy atom. The molecule has 26 heavy (non-hydrogen) atoms. The number of anilines is 1. The highest BCUT2D eigenvalue weighted by Crippen LogP contribution is 2.32. The Bertz CT molecular complexity index is 785. The van der Waals surface area contributed by atoms with Crippen LogP contribution in [-0.4, -0.2) is 26.2 Å². The lowest BCUT2D eigenvalue weighted by Crippen LogP contribution is -2.38. The van der Waals surface area contributed by atoms with Crippen LogP contribution in [0.2, 0.25) is 5.02 Å². The fraction of sp³-hybridized carbons (Fsp3) is 0.333. The molecule has 2 heterocycles. The standard InChI is InChI=1S/C21H23ClN2O2/c22-18-5-1-2-6-19(18)24-11-9-16(10-12-24)13-23-14-17-15-25-20-7-3-4-8-21(20)26-17/h1-8,15-16,23H,9-14H2. The van der Waals surface area contributed by atoms with E-state index in [-0.39, 0.29) is 0 Å². The Balaban J connectivity index is 1.21. The summed E-state index contributed by atoms with van der Waals surface area (Å²) in [4.78, 5) is 2.39. The number of halogens is 1. The van der Waals surface area contributed by atoms with Crippen molar-refractivity contribution in [3.8, 4) is 11.5 Å². The Kier molecular flexibility index (Phi) is 5.32. The van der Waals surface area contributed by atoms with Crippen molar-refractivity contribution in [2.24, 2.45) is 5.92 Å². The van der Waals surface area contributed by atoms with Crippen molar-refractivity contribution in [1.29, 1.82) is 0 Å². The monoisotopic (exact) mass is 370 g/mol. The van der Waals surface area contributed by atoms with Crippen molar-refractivity contribution >= 4 is 17.3 Å². The Morgan fingerprint density at radius 2 is 1.73 bits per heavy atom. The first-order valence-electron chi connectivity index (χ1n) is 9.12. The highest BCUT2D eigenvalue weighted by atomic mass is 35.5. The molecule has 1 N–H and O–H groups in total. The number of benzene rings is 2. The number of hydrogen-bond acceptors (Lipinski definition) is 4. The van der Waals surface area contributed by atoms with Crippen LogP contribution >= 0.6 is 11.6 Å². The molecule has 2 aliphatic rings. The molecule has 5 heteroatoms. The van der Waals surface area contributed by atoms with E-state index in [2.05, 4.69) is 16.3 Å². The van der Waals surface area contributed by atoms with E-state index in [0.717, 1.165) is 60.4 Å². The van der Waals surface area contributed by atoms with Gasteiger partial charge in [-0.15, -0.1) is 0 Å². The Labute approximate surface area is 159 Å². The number of fused-ring (bicyclic) bond motifs is 1. The normalized spacial score (nSPS) is 17.1. The van der Waals surface area contributed by atoms with Crippen molar-refractivity contribution in [2.75, 3.05) is 31.1 Å². The van der Waals surface area contributed by atoms with Crippen LogP contribution in [0.4, 0.5) is 5.69 Å². The second kappa shape index (κ2) is 8.02. The molecule has 1 fully saturated rings. The molecule has 0 spiro atoms. The van der Waals surface area contributed by atoms with Gasteiger partial charge in [-0.2, -0.15) is 0 Å². The van der Waals surface area contributed by atoms with Gasteiger partial charge in [0.25, 0.3) is 0 Å². The Morgan fingerprint density at radius 3 is 2.54 bits per heavy atom. The summed E-state index contributed by atoms with van der Waals surface area (Å²) in [6.07, 6.45) is 4.02. The maximum absolute atomic E-state index is 6.31. The van der Waals surface area contributed by atoms with E-state index >= 15 is 0 Å². The number of ether oxygens (including phenoxy) is 2. The highest BCUT2D eigenvalue weighted by Gasteiger charge is 2.21. The van der Waals surface area contributed by atoms with E-state index in [4.69, 9.17) is 21.1 Å². The smallest absolute Gasteiger partial charge is 0.169 e. The van der Waals surface area contributed by atoms with Gasteiger partial charge >= 0.3 is 0 Å². The average Bonchev–Trinajstić information content (AvgIpc) is 2.69. The lowest BCUT2D eigenvalue weighted by molar-refractivity contribution is 0.307. The first-order valence-corrected chi connectivity index (χ1v) is 9.50. The van der Waals surface area contributed by atoms with Gasteiger partial charge in [-0.3, -0.25) is 0 Å². The zero-order chi connectivity index (χ0) is 17.8. The molecule has 4 nitrogen and oxygen atoms in total. The highest BCUT2D eigenvalue weighted by molar-refractivity contribution is 6.33. The third-order valence-electron chi connectivity index (χ3n) is 4.95. The summed E-state index contributed by atoms with van der Waals surface area (Å²) in [6, 6.07) is 15.8. The quantitative estimate of drug-likeness (QED) is 0.842. The molecule has 0 bridgehead atoms. The fourth-order valence-corrected chi connectivity index (χ4v) is 3.75. The molecule has 0 saturated carbocycles. The lowest BCUT2D eigenvalue weighted by Gasteiger charge is -2.34. The van der Waals surface area contributed by atoms with Gasteiger partial charge in [-0.25, -0.2) is 0 Å². The summed E-state index contributed by atoms with van der Waals surface area (Å²) in [7, 11) is 0. The second-order valence-electron chi connectivity index (χ2n) is 6.76. The molecule has 2 aromatic carbocycles. The predicted octanol–water partition coefficient (Wildman–Crippen LogP) is 4.46. The first kappa shape index (κ1) is 17.3.